The van der Waals surface area contributed by atoms with Gasteiger partial charge in [0.1, 0.15) is 6.04 Å². The molecule has 0 fully saturated rings. The Morgan fingerprint density at radius 1 is 1.40 bits per heavy atom. The molecule has 0 aliphatic carbocycles. The van der Waals surface area contributed by atoms with Crippen molar-refractivity contribution in [3.63, 3.8) is 0 Å². The Morgan fingerprint density at radius 3 is 2.40 bits per heavy atom. The second kappa shape index (κ2) is 6.08. The number of aliphatic carboxylic acids is 1. The maximum Gasteiger partial charge on any atom is 0.326 e. The maximum absolute atomic E-state index is 11.9. The van der Waals surface area contributed by atoms with Crippen molar-refractivity contribution in [2.75, 3.05) is 6.26 Å². The molecule has 0 bridgehead atoms. The highest BCUT2D eigenvalue weighted by molar-refractivity contribution is 7.90. The zero-order valence-corrected chi connectivity index (χ0v) is 12.2. The summed E-state index contributed by atoms with van der Waals surface area (Å²) in [6.07, 6.45) is 1.52. The van der Waals surface area contributed by atoms with Gasteiger partial charge < -0.3 is 14.8 Å². The molecule has 2 N–H and O–H groups in total. The lowest BCUT2D eigenvalue weighted by atomic mass is 9.99. The summed E-state index contributed by atoms with van der Waals surface area (Å²) in [6, 6.07) is 1.30. The molecule has 112 valence electrons. The minimum atomic E-state index is -3.54. The van der Waals surface area contributed by atoms with Crippen LogP contribution in [0.5, 0.6) is 0 Å². The Morgan fingerprint density at radius 2 is 2.00 bits per heavy atom. The molecule has 0 unspecified atom stereocenters. The predicted octanol–water partition coefficient (Wildman–Crippen LogP) is 0.912. The van der Waals surface area contributed by atoms with Crippen molar-refractivity contribution in [2.24, 2.45) is 5.92 Å². The molecule has 1 aromatic rings. The number of hydrogen-bond donors (Lipinski definition) is 2. The van der Waals surface area contributed by atoms with Gasteiger partial charge >= 0.3 is 5.97 Å². The first-order valence-electron chi connectivity index (χ1n) is 6.00. The number of nitrogens with one attached hydrogen (secondary N) is 1. The average Bonchev–Trinajstić information content (AvgIpc) is 2.83. The van der Waals surface area contributed by atoms with Crippen molar-refractivity contribution in [3.05, 3.63) is 17.9 Å². The van der Waals surface area contributed by atoms with Gasteiger partial charge in [0.25, 0.3) is 5.91 Å². The standard InChI is InChI=1S/C12H17NO6S/c1-4-7(2)10(12(15)16)13-11(14)8-5-6-9(19-8)20(3,17)18/h5-7,10H,4H2,1-3H3,(H,13,14)(H,15,16)/t7-,10-/m0/s1. The van der Waals surface area contributed by atoms with Gasteiger partial charge in [0.2, 0.25) is 14.9 Å². The number of rotatable bonds is 6. The van der Waals surface area contributed by atoms with E-state index in [-0.39, 0.29) is 16.8 Å². The van der Waals surface area contributed by atoms with Crippen LogP contribution in [0.1, 0.15) is 30.8 Å². The molecule has 20 heavy (non-hydrogen) atoms. The third-order valence-electron chi connectivity index (χ3n) is 2.94. The number of furan rings is 1. The highest BCUT2D eigenvalue weighted by Crippen LogP contribution is 2.15. The van der Waals surface area contributed by atoms with Gasteiger partial charge in [0.05, 0.1) is 0 Å². The molecule has 0 spiro atoms. The van der Waals surface area contributed by atoms with Crippen LogP contribution in [0.2, 0.25) is 0 Å². The summed E-state index contributed by atoms with van der Waals surface area (Å²) in [7, 11) is -3.54. The van der Waals surface area contributed by atoms with Crippen LogP contribution in [-0.2, 0) is 14.6 Å². The van der Waals surface area contributed by atoms with Gasteiger partial charge in [-0.2, -0.15) is 0 Å². The maximum atomic E-state index is 11.9. The van der Waals surface area contributed by atoms with Gasteiger partial charge in [-0.05, 0) is 18.1 Å². The summed E-state index contributed by atoms with van der Waals surface area (Å²) < 4.78 is 27.4. The summed E-state index contributed by atoms with van der Waals surface area (Å²) in [6.45, 7) is 3.50. The van der Waals surface area contributed by atoms with Gasteiger partial charge in [-0.3, -0.25) is 4.79 Å². The fourth-order valence-corrected chi connectivity index (χ4v) is 2.09. The van der Waals surface area contributed by atoms with Gasteiger partial charge in [0, 0.05) is 6.26 Å². The van der Waals surface area contributed by atoms with Crippen LogP contribution < -0.4 is 5.32 Å². The van der Waals surface area contributed by atoms with E-state index in [4.69, 9.17) is 9.52 Å². The Labute approximate surface area is 116 Å². The van der Waals surface area contributed by atoms with Crippen molar-refractivity contribution in [1.82, 2.24) is 5.32 Å². The molecular weight excluding hydrogens is 286 g/mol. The van der Waals surface area contributed by atoms with Gasteiger partial charge in [0.15, 0.2) is 5.76 Å². The molecule has 0 aliphatic heterocycles. The monoisotopic (exact) mass is 303 g/mol. The lowest BCUT2D eigenvalue weighted by Crippen LogP contribution is -2.44. The Bertz CT molecular complexity index is 603. The van der Waals surface area contributed by atoms with Crippen molar-refractivity contribution in [3.8, 4) is 0 Å². The van der Waals surface area contributed by atoms with E-state index in [1.54, 1.807) is 13.8 Å². The lowest BCUT2D eigenvalue weighted by Gasteiger charge is -2.19. The van der Waals surface area contributed by atoms with E-state index < -0.39 is 27.8 Å². The predicted molar refractivity (Wildman–Crippen MR) is 70.2 cm³/mol. The van der Waals surface area contributed by atoms with Gasteiger partial charge in [-0.25, -0.2) is 13.2 Å². The number of carboxylic acid groups (broad SMARTS) is 1. The number of hydrogen-bond acceptors (Lipinski definition) is 5. The van der Waals surface area contributed by atoms with Crippen molar-refractivity contribution in [1.29, 1.82) is 0 Å². The molecule has 0 aliphatic rings. The molecule has 1 heterocycles. The van der Waals surface area contributed by atoms with E-state index in [0.717, 1.165) is 12.3 Å². The summed E-state index contributed by atoms with van der Waals surface area (Å²) in [5, 5.41) is 11.0. The molecule has 0 saturated carbocycles. The summed E-state index contributed by atoms with van der Waals surface area (Å²) in [4.78, 5) is 22.9. The number of sulfone groups is 1. The van der Waals surface area contributed by atoms with Crippen LogP contribution in [-0.4, -0.2) is 37.7 Å². The van der Waals surface area contributed by atoms with Crippen LogP contribution in [0.15, 0.2) is 21.6 Å². The second-order valence-corrected chi connectivity index (χ2v) is 6.51. The minimum Gasteiger partial charge on any atom is -0.480 e. The Kier molecular flexibility index (Phi) is 4.93. The number of carbonyl (C=O) groups excluding carboxylic acids is 1. The molecule has 2 atom stereocenters. The SMILES string of the molecule is CC[C@H](C)[C@H](NC(=O)c1ccc(S(C)(=O)=O)o1)C(=O)O. The third kappa shape index (κ3) is 3.83. The van der Waals surface area contributed by atoms with Crippen molar-refractivity contribution in [2.45, 2.75) is 31.4 Å². The molecule has 1 rings (SSSR count). The minimum absolute atomic E-state index is 0.236. The fourth-order valence-electron chi connectivity index (χ4n) is 1.54. The molecular formula is C12H17NO6S. The first-order valence-corrected chi connectivity index (χ1v) is 7.89. The second-order valence-electron chi connectivity index (χ2n) is 4.57. The van der Waals surface area contributed by atoms with Crippen LogP contribution >= 0.6 is 0 Å². The van der Waals surface area contributed by atoms with Crippen LogP contribution in [0.25, 0.3) is 0 Å². The number of amides is 1. The zero-order chi connectivity index (χ0) is 15.5. The normalized spacial score (nSPS) is 14.6. The van der Waals surface area contributed by atoms with E-state index in [9.17, 15) is 18.0 Å². The van der Waals surface area contributed by atoms with E-state index in [1.165, 1.54) is 6.07 Å². The molecule has 0 radical (unpaired) electrons. The highest BCUT2D eigenvalue weighted by Gasteiger charge is 2.27. The van der Waals surface area contributed by atoms with E-state index in [1.807, 2.05) is 0 Å². The molecule has 1 amide bonds. The van der Waals surface area contributed by atoms with Gasteiger partial charge in [-0.15, -0.1) is 0 Å². The fraction of sp³-hybridized carbons (Fsp3) is 0.500. The molecule has 8 heteroatoms. The third-order valence-corrected chi connectivity index (χ3v) is 3.89. The molecule has 0 aromatic carbocycles. The Balaban J connectivity index is 2.90. The topological polar surface area (TPSA) is 114 Å². The zero-order valence-electron chi connectivity index (χ0n) is 11.4. The van der Waals surface area contributed by atoms with Crippen molar-refractivity contribution >= 4 is 21.7 Å². The first-order chi connectivity index (χ1) is 9.16. The van der Waals surface area contributed by atoms with Crippen LogP contribution in [0.4, 0.5) is 0 Å². The smallest absolute Gasteiger partial charge is 0.326 e. The van der Waals surface area contributed by atoms with E-state index in [2.05, 4.69) is 5.32 Å². The molecule has 7 nitrogen and oxygen atoms in total. The van der Waals surface area contributed by atoms with Crippen LogP contribution in [0.3, 0.4) is 0 Å². The quantitative estimate of drug-likeness (QED) is 0.807. The first kappa shape index (κ1) is 16.2. The van der Waals surface area contributed by atoms with E-state index >= 15 is 0 Å². The highest BCUT2D eigenvalue weighted by atomic mass is 32.2. The summed E-state index contributed by atoms with van der Waals surface area (Å²) >= 11 is 0. The van der Waals surface area contributed by atoms with Crippen molar-refractivity contribution < 1.29 is 27.5 Å². The molecule has 1 aromatic heterocycles. The molecule has 0 saturated heterocycles. The largest absolute Gasteiger partial charge is 0.480 e. The lowest BCUT2D eigenvalue weighted by molar-refractivity contribution is -0.140. The summed E-state index contributed by atoms with van der Waals surface area (Å²) in [5.41, 5.74) is 0. The van der Waals surface area contributed by atoms with Gasteiger partial charge in [-0.1, -0.05) is 20.3 Å². The average molecular weight is 303 g/mol. The summed E-state index contributed by atoms with van der Waals surface area (Å²) in [5.74, 6) is -2.41. The number of carboxylic acids is 1. The van der Waals surface area contributed by atoms with Crippen LogP contribution in [0, 0.1) is 5.92 Å². The number of carbonyl (C=O) groups is 2. The van der Waals surface area contributed by atoms with E-state index in [0.29, 0.717) is 6.42 Å². The Hall–Kier alpha value is -1.83.